The van der Waals surface area contributed by atoms with Gasteiger partial charge in [-0.1, -0.05) is 0 Å². The third kappa shape index (κ3) is 125. The van der Waals surface area contributed by atoms with Crippen molar-refractivity contribution in [2.24, 2.45) is 0 Å². The molecule has 0 heterocycles. The first-order valence-electron chi connectivity index (χ1n) is 0.622. The summed E-state index contributed by atoms with van der Waals surface area (Å²) in [6, 6.07) is 0. The standard InChI is InChI=1S/CH3.Ga.3O.W.H/h1H3;;;;;;/q-1;;;;;;. The molecule has 5 heteroatoms. The van der Waals surface area contributed by atoms with Gasteiger partial charge in [-0.25, -0.2) is 0 Å². The Morgan fingerprint density at radius 2 is 1.17 bits per heavy atom. The summed E-state index contributed by atoms with van der Waals surface area (Å²) in [7, 11) is 0. The monoisotopic (exact) mass is 317 g/mol. The van der Waals surface area contributed by atoms with Crippen molar-refractivity contribution in [1.82, 2.24) is 0 Å². The van der Waals surface area contributed by atoms with Gasteiger partial charge in [0.25, 0.3) is 0 Å². The van der Waals surface area contributed by atoms with Gasteiger partial charge in [0.1, 0.15) is 0 Å². The molecule has 0 bridgehead atoms. The van der Waals surface area contributed by atoms with Gasteiger partial charge in [0.05, 0.1) is 0 Å². The minimum absolute atomic E-state index is 0. The second-order valence-electron chi connectivity index (χ2n) is 0.0680. The molecule has 0 aliphatic rings. The van der Waals surface area contributed by atoms with Gasteiger partial charge in [0.2, 0.25) is 0 Å². The van der Waals surface area contributed by atoms with E-state index in [0.717, 1.165) is 0 Å². The fourth-order valence-corrected chi connectivity index (χ4v) is 0. The van der Waals surface area contributed by atoms with Crippen LogP contribution in [0, 0.1) is 7.43 Å². The Kier molecular flexibility index (Phi) is 114. The van der Waals surface area contributed by atoms with Crippen molar-refractivity contribution in [3.63, 3.8) is 0 Å². The van der Waals surface area contributed by atoms with E-state index in [1.807, 2.05) is 0 Å². The Hall–Kier alpha value is 0.725. The first-order valence-corrected chi connectivity index (χ1v) is 4.23. The van der Waals surface area contributed by atoms with E-state index in [1.54, 1.807) is 0 Å². The number of hydrogen-bond acceptors (Lipinski definition) is 3. The van der Waals surface area contributed by atoms with Crippen molar-refractivity contribution in [3.05, 3.63) is 7.43 Å². The molecule has 6 heavy (non-hydrogen) atoms. The van der Waals surface area contributed by atoms with Crippen LogP contribution >= 0.6 is 0 Å². The van der Waals surface area contributed by atoms with E-state index in [9.17, 15) is 0 Å². The third-order valence-electron chi connectivity index (χ3n) is 0. The van der Waals surface area contributed by atoms with E-state index in [1.165, 1.54) is 0 Å². The summed E-state index contributed by atoms with van der Waals surface area (Å²) >= 11 is -2.12. The van der Waals surface area contributed by atoms with Gasteiger partial charge in [-0.15, -0.1) is 0 Å². The van der Waals surface area contributed by atoms with Gasteiger partial charge in [-0.05, 0) is 0 Å². The molecule has 0 spiro atoms. The molecule has 3 nitrogen and oxygen atoms in total. The molecule has 0 aliphatic heterocycles. The molecule has 36 valence electrons. The summed E-state index contributed by atoms with van der Waals surface area (Å²) in [5.74, 6) is 0. The molecule has 0 saturated heterocycles. The van der Waals surface area contributed by atoms with Crippen molar-refractivity contribution in [2.75, 3.05) is 0 Å². The third-order valence-corrected chi connectivity index (χ3v) is 0. The molecule has 0 fully saturated rings. The van der Waals surface area contributed by atoms with Crippen LogP contribution in [0.4, 0.5) is 0 Å². The van der Waals surface area contributed by atoms with Gasteiger partial charge in [0, 0.05) is 0 Å². The fraction of sp³-hybridized carbons (Fsp3) is 0. The Bertz CT molecular complexity index is 40.1. The van der Waals surface area contributed by atoms with Crippen LogP contribution < -0.4 is 0 Å². The van der Waals surface area contributed by atoms with Crippen molar-refractivity contribution in [2.45, 2.75) is 0 Å². The van der Waals surface area contributed by atoms with Gasteiger partial charge in [-0.3, -0.25) is 0 Å². The van der Waals surface area contributed by atoms with Gasteiger partial charge in [0.15, 0.2) is 0 Å². The summed E-state index contributed by atoms with van der Waals surface area (Å²) in [4.78, 5) is 0. The van der Waals surface area contributed by atoms with E-state index < -0.39 is 18.5 Å². The summed E-state index contributed by atoms with van der Waals surface area (Å²) in [5, 5.41) is 0. The molecule has 0 rings (SSSR count). The van der Waals surface area contributed by atoms with E-state index in [4.69, 9.17) is 10.3 Å². The predicted octanol–water partition coefficient (Wildman–Crippen LogP) is -0.557. The Morgan fingerprint density at radius 1 is 1.17 bits per heavy atom. The summed E-state index contributed by atoms with van der Waals surface area (Å²) < 4.78 is 25.5. The molecule has 0 unspecified atom stereocenters. The minimum atomic E-state index is -2.25. The van der Waals surface area contributed by atoms with Crippen molar-refractivity contribution in [3.8, 4) is 0 Å². The van der Waals surface area contributed by atoms with E-state index >= 15 is 0 Å². The van der Waals surface area contributed by atoms with E-state index in [-0.39, 0.29) is 26.0 Å². The molecule has 0 atom stereocenters. The Balaban J connectivity index is -0.0000000275. The van der Waals surface area contributed by atoms with Crippen molar-refractivity contribution < 1.29 is 28.8 Å². The topological polar surface area (TPSA) is 51.2 Å². The normalized spacial score (nSPS) is 2.50. The fourth-order valence-electron chi connectivity index (χ4n) is 0. The Labute approximate surface area is 54.8 Å². The number of hydrogen-bond donors (Lipinski definition) is 0. The summed E-state index contributed by atoms with van der Waals surface area (Å²) in [6.07, 6.45) is 0. The maximum absolute atomic E-state index is 8.54. The van der Waals surface area contributed by atoms with Crippen molar-refractivity contribution in [1.29, 1.82) is 0 Å². The summed E-state index contributed by atoms with van der Waals surface area (Å²) in [6.45, 7) is 0. The second kappa shape index (κ2) is 43.0. The molecule has 0 aromatic carbocycles. The molecule has 0 radical (unpaired) electrons. The van der Waals surface area contributed by atoms with Crippen LogP contribution in [0.15, 0.2) is 0 Å². The van der Waals surface area contributed by atoms with E-state index in [2.05, 4.69) is 0 Å². The van der Waals surface area contributed by atoms with Crippen LogP contribution in [0.1, 0.15) is 0 Å². The zero-order valence-electron chi connectivity index (χ0n) is 3.34. The van der Waals surface area contributed by atoms with Crippen LogP contribution in [0.25, 0.3) is 0 Å². The van der Waals surface area contributed by atoms with E-state index in [0.29, 0.717) is 0 Å². The van der Waals surface area contributed by atoms with Gasteiger partial charge in [-0.2, -0.15) is 0 Å². The molecular formula is CH4GaO3W-. The Morgan fingerprint density at radius 3 is 1.17 bits per heavy atom. The maximum atomic E-state index is 8.54. The predicted molar refractivity (Wildman–Crippen MR) is 15.6 cm³/mol. The SMILES string of the molecule is [CH3-].[O]=[GaH].[O]=[W]=[O]. The van der Waals surface area contributed by atoms with Gasteiger partial charge >= 0.3 is 47.4 Å². The van der Waals surface area contributed by atoms with Crippen LogP contribution in [0.5, 0.6) is 0 Å². The van der Waals surface area contributed by atoms with Crippen LogP contribution in [0.3, 0.4) is 0 Å². The second-order valence-corrected chi connectivity index (χ2v) is 0.557. The molecule has 0 aromatic heterocycles. The molecule has 0 aliphatic carbocycles. The summed E-state index contributed by atoms with van der Waals surface area (Å²) in [5.41, 5.74) is 0. The average molecular weight is 318 g/mol. The van der Waals surface area contributed by atoms with Crippen LogP contribution in [-0.4, -0.2) is 18.6 Å². The molecule has 0 saturated carbocycles. The average Bonchev–Trinajstić information content (AvgIpc) is 1.46. The number of rotatable bonds is 0. The molecule has 0 aromatic rings. The zero-order valence-corrected chi connectivity index (χ0v) is 9.24. The quantitative estimate of drug-likeness (QED) is 0.445. The molecule has 0 N–H and O–H groups in total. The van der Waals surface area contributed by atoms with Gasteiger partial charge < -0.3 is 7.43 Å². The van der Waals surface area contributed by atoms with Crippen molar-refractivity contribution >= 4 is 18.6 Å². The molecule has 0 amide bonds. The first kappa shape index (κ1) is 15.9. The zero-order chi connectivity index (χ0) is 4.71. The molecular weight excluding hydrogens is 314 g/mol. The van der Waals surface area contributed by atoms with Crippen LogP contribution in [0.2, 0.25) is 0 Å². The van der Waals surface area contributed by atoms with Crippen LogP contribution in [-0.2, 0) is 28.8 Å². The first-order chi connectivity index (χ1) is 2.41.